The van der Waals surface area contributed by atoms with E-state index < -0.39 is 15.8 Å². The molecular formula is C14H20ClFN2O2S. The maximum atomic E-state index is 13.2. The first-order valence-electron chi connectivity index (χ1n) is 6.93. The molecule has 0 saturated carbocycles. The Morgan fingerprint density at radius 1 is 1.38 bits per heavy atom. The van der Waals surface area contributed by atoms with Crippen LogP contribution in [0.1, 0.15) is 31.4 Å². The number of halogens is 2. The molecule has 4 nitrogen and oxygen atoms in total. The predicted octanol–water partition coefficient (Wildman–Crippen LogP) is 2.55. The summed E-state index contributed by atoms with van der Waals surface area (Å²) in [6.07, 6.45) is 2.78. The number of sulfonamides is 1. The molecule has 2 rings (SSSR count). The monoisotopic (exact) mass is 334 g/mol. The van der Waals surface area contributed by atoms with Crippen molar-refractivity contribution >= 4 is 21.6 Å². The van der Waals surface area contributed by atoms with Crippen LogP contribution in [0.4, 0.5) is 4.39 Å². The van der Waals surface area contributed by atoms with Crippen molar-refractivity contribution in [3.8, 4) is 0 Å². The summed E-state index contributed by atoms with van der Waals surface area (Å²) in [6, 6.07) is 4.99. The molecule has 0 aliphatic carbocycles. The fourth-order valence-corrected chi connectivity index (χ4v) is 3.65. The van der Waals surface area contributed by atoms with Crippen LogP contribution in [-0.2, 0) is 10.0 Å². The molecule has 0 amide bonds. The van der Waals surface area contributed by atoms with Crippen LogP contribution >= 0.6 is 11.6 Å². The second kappa shape index (κ2) is 6.60. The van der Waals surface area contributed by atoms with E-state index in [1.54, 1.807) is 12.1 Å². The predicted molar refractivity (Wildman–Crippen MR) is 82.4 cm³/mol. The zero-order chi connectivity index (χ0) is 15.6. The number of nitrogens with one attached hydrogen (secondary N) is 1. The van der Waals surface area contributed by atoms with Crippen molar-refractivity contribution in [1.29, 1.82) is 0 Å². The molecule has 0 aromatic heterocycles. The van der Waals surface area contributed by atoms with Gasteiger partial charge >= 0.3 is 0 Å². The van der Waals surface area contributed by atoms with Crippen LogP contribution in [0, 0.1) is 5.82 Å². The first-order valence-corrected chi connectivity index (χ1v) is 9.16. The molecule has 1 saturated heterocycles. The molecule has 0 bridgehead atoms. The standard InChI is InChI=1S/C14H20ClFN2O2S/c1-10(11-3-4-14(16)13(15)9-11)17-12-5-7-18(8-6-12)21(2,19)20/h3-4,9-10,12,17H,5-8H2,1-2H3. The highest BCUT2D eigenvalue weighted by molar-refractivity contribution is 7.88. The summed E-state index contributed by atoms with van der Waals surface area (Å²) in [4.78, 5) is 0. The molecule has 1 unspecified atom stereocenters. The number of benzene rings is 1. The van der Waals surface area contributed by atoms with E-state index in [0.29, 0.717) is 13.1 Å². The number of nitrogens with zero attached hydrogens (tertiary/aromatic N) is 1. The summed E-state index contributed by atoms with van der Waals surface area (Å²) >= 11 is 5.79. The quantitative estimate of drug-likeness (QED) is 0.920. The van der Waals surface area contributed by atoms with E-state index in [0.717, 1.165) is 18.4 Å². The van der Waals surface area contributed by atoms with Crippen LogP contribution in [-0.4, -0.2) is 38.1 Å². The molecule has 118 valence electrons. The molecule has 0 radical (unpaired) electrons. The fraction of sp³-hybridized carbons (Fsp3) is 0.571. The van der Waals surface area contributed by atoms with Gasteiger partial charge in [0.05, 0.1) is 11.3 Å². The van der Waals surface area contributed by atoms with E-state index >= 15 is 0 Å². The molecule has 0 spiro atoms. The normalized spacial score (nSPS) is 19.6. The summed E-state index contributed by atoms with van der Waals surface area (Å²) in [5.74, 6) is -0.422. The lowest BCUT2D eigenvalue weighted by molar-refractivity contribution is 0.278. The molecule has 21 heavy (non-hydrogen) atoms. The summed E-state index contributed by atoms with van der Waals surface area (Å²) in [7, 11) is -3.09. The Kier molecular flexibility index (Phi) is 5.24. The Bertz CT molecular complexity index is 601. The second-order valence-electron chi connectivity index (χ2n) is 5.50. The molecule has 1 N–H and O–H groups in total. The van der Waals surface area contributed by atoms with Gasteiger partial charge in [-0.25, -0.2) is 17.1 Å². The van der Waals surface area contributed by atoms with E-state index in [-0.39, 0.29) is 17.1 Å². The molecule has 1 atom stereocenters. The van der Waals surface area contributed by atoms with Crippen molar-refractivity contribution in [1.82, 2.24) is 9.62 Å². The van der Waals surface area contributed by atoms with Gasteiger partial charge < -0.3 is 5.32 Å². The van der Waals surface area contributed by atoms with E-state index in [1.165, 1.54) is 16.6 Å². The van der Waals surface area contributed by atoms with Gasteiger partial charge in [-0.05, 0) is 37.5 Å². The zero-order valence-corrected chi connectivity index (χ0v) is 13.7. The number of hydrogen-bond donors (Lipinski definition) is 1. The highest BCUT2D eigenvalue weighted by Crippen LogP contribution is 2.22. The van der Waals surface area contributed by atoms with Crippen LogP contribution in [0.5, 0.6) is 0 Å². The van der Waals surface area contributed by atoms with E-state index in [9.17, 15) is 12.8 Å². The molecule has 1 aromatic rings. The van der Waals surface area contributed by atoms with Gasteiger partial charge in [-0.15, -0.1) is 0 Å². The van der Waals surface area contributed by atoms with Gasteiger partial charge in [0.2, 0.25) is 10.0 Å². The average Bonchev–Trinajstić information content (AvgIpc) is 2.41. The van der Waals surface area contributed by atoms with Crippen molar-refractivity contribution in [3.05, 3.63) is 34.6 Å². The fourth-order valence-electron chi connectivity index (χ4n) is 2.59. The maximum Gasteiger partial charge on any atom is 0.211 e. The lowest BCUT2D eigenvalue weighted by atomic mass is 10.0. The SMILES string of the molecule is CC(NC1CCN(S(C)(=O)=O)CC1)c1ccc(F)c(Cl)c1. The zero-order valence-electron chi connectivity index (χ0n) is 12.1. The molecular weight excluding hydrogens is 315 g/mol. The molecule has 1 aliphatic heterocycles. The van der Waals surface area contributed by atoms with Gasteiger partial charge in [-0.3, -0.25) is 0 Å². The minimum absolute atomic E-state index is 0.0397. The minimum atomic E-state index is -3.09. The van der Waals surface area contributed by atoms with Crippen molar-refractivity contribution in [3.63, 3.8) is 0 Å². The Balaban J connectivity index is 1.92. The second-order valence-corrected chi connectivity index (χ2v) is 7.89. The lowest BCUT2D eigenvalue weighted by Crippen LogP contribution is -2.45. The van der Waals surface area contributed by atoms with Gasteiger partial charge in [0.15, 0.2) is 0 Å². The summed E-state index contributed by atoms with van der Waals surface area (Å²) in [6.45, 7) is 3.06. The van der Waals surface area contributed by atoms with Crippen molar-refractivity contribution in [2.75, 3.05) is 19.3 Å². The van der Waals surface area contributed by atoms with Gasteiger partial charge in [-0.2, -0.15) is 0 Å². The molecule has 1 fully saturated rings. The van der Waals surface area contributed by atoms with Crippen LogP contribution < -0.4 is 5.32 Å². The number of piperidine rings is 1. The largest absolute Gasteiger partial charge is 0.307 e. The van der Waals surface area contributed by atoms with Gasteiger partial charge in [0, 0.05) is 25.2 Å². The number of rotatable bonds is 4. The third-order valence-electron chi connectivity index (χ3n) is 3.85. The van der Waals surface area contributed by atoms with Crippen molar-refractivity contribution in [2.45, 2.75) is 31.8 Å². The molecule has 1 aromatic carbocycles. The number of hydrogen-bond acceptors (Lipinski definition) is 3. The van der Waals surface area contributed by atoms with Crippen LogP contribution in [0.25, 0.3) is 0 Å². The third-order valence-corrected chi connectivity index (χ3v) is 5.45. The minimum Gasteiger partial charge on any atom is -0.307 e. The maximum absolute atomic E-state index is 13.2. The van der Waals surface area contributed by atoms with Crippen LogP contribution in [0.3, 0.4) is 0 Å². The highest BCUT2D eigenvalue weighted by Gasteiger charge is 2.25. The van der Waals surface area contributed by atoms with Gasteiger partial charge in [0.1, 0.15) is 5.82 Å². The van der Waals surface area contributed by atoms with Crippen molar-refractivity contribution < 1.29 is 12.8 Å². The Hall–Kier alpha value is -0.690. The average molecular weight is 335 g/mol. The topological polar surface area (TPSA) is 49.4 Å². The van der Waals surface area contributed by atoms with E-state index in [4.69, 9.17) is 11.6 Å². The Morgan fingerprint density at radius 3 is 2.52 bits per heavy atom. The summed E-state index contributed by atoms with van der Waals surface area (Å²) < 4.78 is 37.6. The molecule has 1 aliphatic rings. The summed E-state index contributed by atoms with van der Waals surface area (Å²) in [5.41, 5.74) is 0.923. The molecule has 7 heteroatoms. The Labute approximate surface area is 130 Å². The first-order chi connectivity index (χ1) is 9.77. The first kappa shape index (κ1) is 16.7. The summed E-state index contributed by atoms with van der Waals surface area (Å²) in [5, 5.41) is 3.57. The van der Waals surface area contributed by atoms with E-state index in [1.807, 2.05) is 6.92 Å². The smallest absolute Gasteiger partial charge is 0.211 e. The molecule has 1 heterocycles. The van der Waals surface area contributed by atoms with E-state index in [2.05, 4.69) is 5.32 Å². The lowest BCUT2D eigenvalue weighted by Gasteiger charge is -2.32. The van der Waals surface area contributed by atoms with Crippen LogP contribution in [0.2, 0.25) is 5.02 Å². The highest BCUT2D eigenvalue weighted by atomic mass is 35.5. The Morgan fingerprint density at radius 2 is 2.00 bits per heavy atom. The van der Waals surface area contributed by atoms with Crippen molar-refractivity contribution in [2.24, 2.45) is 0 Å². The third kappa shape index (κ3) is 4.39. The van der Waals surface area contributed by atoms with Gasteiger partial charge in [0.25, 0.3) is 0 Å². The van der Waals surface area contributed by atoms with Gasteiger partial charge in [-0.1, -0.05) is 17.7 Å². The van der Waals surface area contributed by atoms with Crippen LogP contribution in [0.15, 0.2) is 18.2 Å².